The van der Waals surface area contributed by atoms with Gasteiger partial charge in [0.1, 0.15) is 0 Å². The molecule has 1 aliphatic rings. The minimum Gasteiger partial charge on any atom is -0.102 e. The lowest BCUT2D eigenvalue weighted by atomic mass is 10.2. The van der Waals surface area contributed by atoms with Gasteiger partial charge in [0.05, 0.1) is 0 Å². The molecule has 0 heterocycles. The van der Waals surface area contributed by atoms with Gasteiger partial charge in [-0.05, 0) is 31.8 Å². The molecule has 0 bridgehead atoms. The first kappa shape index (κ1) is 5.44. The highest BCUT2D eigenvalue weighted by Crippen LogP contribution is 2.14. The zero-order valence-corrected chi connectivity index (χ0v) is 5.07. The van der Waals surface area contributed by atoms with Crippen molar-refractivity contribution >= 4 is 0 Å². The molecule has 1 radical (unpaired) electrons. The SMILES string of the molecule is CC#CC1=CC[CH]C1. The average Bonchev–Trinajstić information content (AvgIpc) is 2.19. The predicted octanol–water partition coefficient (Wildman–Crippen LogP) is 1.93. The van der Waals surface area contributed by atoms with E-state index in [0.29, 0.717) is 0 Å². The van der Waals surface area contributed by atoms with Crippen LogP contribution in [-0.2, 0) is 0 Å². The van der Waals surface area contributed by atoms with Crippen molar-refractivity contribution in [1.29, 1.82) is 0 Å². The Labute approximate surface area is 50.6 Å². The van der Waals surface area contributed by atoms with Gasteiger partial charge < -0.3 is 0 Å². The summed E-state index contributed by atoms with van der Waals surface area (Å²) >= 11 is 0. The summed E-state index contributed by atoms with van der Waals surface area (Å²) in [5.74, 6) is 5.90. The van der Waals surface area contributed by atoms with E-state index >= 15 is 0 Å². The van der Waals surface area contributed by atoms with E-state index in [0.717, 1.165) is 12.8 Å². The van der Waals surface area contributed by atoms with Crippen molar-refractivity contribution in [2.24, 2.45) is 0 Å². The Bertz CT molecular complexity index is 153. The van der Waals surface area contributed by atoms with Gasteiger partial charge in [-0.2, -0.15) is 0 Å². The second-order valence-corrected chi connectivity index (χ2v) is 1.83. The van der Waals surface area contributed by atoms with Gasteiger partial charge >= 0.3 is 0 Å². The molecule has 0 nitrogen and oxygen atoms in total. The lowest BCUT2D eigenvalue weighted by Gasteiger charge is -1.80. The fourth-order valence-electron chi connectivity index (χ4n) is 0.810. The Balaban J connectivity index is 2.53. The van der Waals surface area contributed by atoms with Crippen LogP contribution in [0, 0.1) is 18.3 Å². The van der Waals surface area contributed by atoms with Crippen molar-refractivity contribution in [1.82, 2.24) is 0 Å². The molecule has 0 spiro atoms. The summed E-state index contributed by atoms with van der Waals surface area (Å²) in [6.07, 6.45) is 6.61. The quantitative estimate of drug-likeness (QED) is 0.413. The second kappa shape index (κ2) is 2.57. The van der Waals surface area contributed by atoms with E-state index < -0.39 is 0 Å². The molecule has 0 aromatic heterocycles. The summed E-state index contributed by atoms with van der Waals surface area (Å²) in [4.78, 5) is 0. The molecular formula is C8H9. The van der Waals surface area contributed by atoms with Gasteiger partial charge in [-0.1, -0.05) is 12.0 Å². The summed E-state index contributed by atoms with van der Waals surface area (Å²) in [7, 11) is 0. The van der Waals surface area contributed by atoms with E-state index in [1.54, 1.807) is 0 Å². The first-order valence-corrected chi connectivity index (χ1v) is 2.87. The van der Waals surface area contributed by atoms with E-state index in [4.69, 9.17) is 0 Å². The van der Waals surface area contributed by atoms with Gasteiger partial charge in [0, 0.05) is 0 Å². The van der Waals surface area contributed by atoms with Crippen molar-refractivity contribution < 1.29 is 0 Å². The van der Waals surface area contributed by atoms with Crippen molar-refractivity contribution in [3.8, 4) is 11.8 Å². The summed E-state index contributed by atoms with van der Waals surface area (Å²) in [6, 6.07) is 0. The number of hydrogen-bond donors (Lipinski definition) is 0. The zero-order valence-electron chi connectivity index (χ0n) is 5.07. The Morgan fingerprint density at radius 3 is 3.00 bits per heavy atom. The van der Waals surface area contributed by atoms with Gasteiger partial charge in [-0.15, -0.1) is 5.92 Å². The minimum absolute atomic E-state index is 1.08. The molecule has 1 aliphatic carbocycles. The summed E-state index contributed by atoms with van der Waals surface area (Å²) < 4.78 is 0. The van der Waals surface area contributed by atoms with Crippen LogP contribution in [0.4, 0.5) is 0 Å². The molecule has 41 valence electrons. The van der Waals surface area contributed by atoms with Crippen LogP contribution in [0.25, 0.3) is 0 Å². The minimum atomic E-state index is 1.08. The highest BCUT2D eigenvalue weighted by Gasteiger charge is 1.98. The zero-order chi connectivity index (χ0) is 5.82. The Hall–Kier alpha value is -0.700. The van der Waals surface area contributed by atoms with Crippen LogP contribution in [0.3, 0.4) is 0 Å². The molecular weight excluding hydrogens is 96.1 g/mol. The monoisotopic (exact) mass is 105 g/mol. The van der Waals surface area contributed by atoms with Crippen molar-refractivity contribution in [3.63, 3.8) is 0 Å². The van der Waals surface area contributed by atoms with Crippen LogP contribution in [-0.4, -0.2) is 0 Å². The fourth-order valence-corrected chi connectivity index (χ4v) is 0.810. The molecule has 0 aromatic rings. The van der Waals surface area contributed by atoms with Gasteiger partial charge in [0.15, 0.2) is 0 Å². The maximum absolute atomic E-state index is 3.02. The van der Waals surface area contributed by atoms with Crippen LogP contribution >= 0.6 is 0 Å². The smallest absolute Gasteiger partial charge is 0.00166 e. The molecule has 0 fully saturated rings. The number of allylic oxidation sites excluding steroid dienone is 2. The molecule has 0 amide bonds. The lowest BCUT2D eigenvalue weighted by molar-refractivity contribution is 1.18. The summed E-state index contributed by atoms with van der Waals surface area (Å²) in [5, 5.41) is 0. The molecule has 0 N–H and O–H groups in total. The van der Waals surface area contributed by atoms with Gasteiger partial charge in [0.2, 0.25) is 0 Å². The summed E-state index contributed by atoms with van der Waals surface area (Å²) in [5.41, 5.74) is 1.28. The van der Waals surface area contributed by atoms with E-state index in [1.165, 1.54) is 5.57 Å². The van der Waals surface area contributed by atoms with Crippen LogP contribution in [0.5, 0.6) is 0 Å². The van der Waals surface area contributed by atoms with Crippen LogP contribution in [0.2, 0.25) is 0 Å². The maximum atomic E-state index is 3.02. The van der Waals surface area contributed by atoms with Gasteiger partial charge in [-0.3, -0.25) is 0 Å². The van der Waals surface area contributed by atoms with E-state index in [-0.39, 0.29) is 0 Å². The Morgan fingerprint density at radius 2 is 2.50 bits per heavy atom. The first-order chi connectivity index (χ1) is 3.93. The van der Waals surface area contributed by atoms with Crippen molar-refractivity contribution in [2.45, 2.75) is 19.8 Å². The highest BCUT2D eigenvalue weighted by molar-refractivity contribution is 5.32. The number of rotatable bonds is 0. The van der Waals surface area contributed by atoms with E-state index in [2.05, 4.69) is 24.3 Å². The Morgan fingerprint density at radius 1 is 1.62 bits per heavy atom. The van der Waals surface area contributed by atoms with Crippen LogP contribution in [0.15, 0.2) is 11.6 Å². The normalized spacial score (nSPS) is 16.9. The maximum Gasteiger partial charge on any atom is -0.00166 e. The van der Waals surface area contributed by atoms with Crippen molar-refractivity contribution in [2.75, 3.05) is 0 Å². The molecule has 0 heteroatoms. The second-order valence-electron chi connectivity index (χ2n) is 1.83. The predicted molar refractivity (Wildman–Crippen MR) is 35.1 cm³/mol. The third-order valence-electron chi connectivity index (χ3n) is 1.18. The molecule has 8 heavy (non-hydrogen) atoms. The van der Waals surface area contributed by atoms with E-state index in [1.807, 2.05) is 6.92 Å². The molecule has 1 rings (SSSR count). The molecule has 0 saturated carbocycles. The average molecular weight is 105 g/mol. The molecule has 0 aliphatic heterocycles. The van der Waals surface area contributed by atoms with Crippen LogP contribution in [0.1, 0.15) is 19.8 Å². The number of hydrogen-bond acceptors (Lipinski definition) is 0. The van der Waals surface area contributed by atoms with Gasteiger partial charge in [0.25, 0.3) is 0 Å². The van der Waals surface area contributed by atoms with E-state index in [9.17, 15) is 0 Å². The molecule has 0 aromatic carbocycles. The topological polar surface area (TPSA) is 0 Å². The molecule has 0 unspecified atom stereocenters. The standard InChI is InChI=1S/C8H9/c1-2-5-8-6-3-4-7-8/h3,7H,4,6H2,1H3. The fraction of sp³-hybridized carbons (Fsp3) is 0.375. The highest BCUT2D eigenvalue weighted by atomic mass is 14.0. The van der Waals surface area contributed by atoms with Gasteiger partial charge in [-0.25, -0.2) is 0 Å². The largest absolute Gasteiger partial charge is 0.102 e. The lowest BCUT2D eigenvalue weighted by Crippen LogP contribution is -1.67. The molecule has 0 atom stereocenters. The molecule has 0 saturated heterocycles. The third kappa shape index (κ3) is 1.13. The third-order valence-corrected chi connectivity index (χ3v) is 1.18. The summed E-state index contributed by atoms with van der Waals surface area (Å²) in [6.45, 7) is 1.87. The first-order valence-electron chi connectivity index (χ1n) is 2.87. The Kier molecular flexibility index (Phi) is 1.75. The van der Waals surface area contributed by atoms with Crippen LogP contribution < -0.4 is 0 Å². The van der Waals surface area contributed by atoms with Crippen molar-refractivity contribution in [3.05, 3.63) is 18.1 Å².